The van der Waals surface area contributed by atoms with E-state index < -0.39 is 13.6 Å². The number of rotatable bonds is 5. The van der Waals surface area contributed by atoms with Gasteiger partial charge in [0.05, 0.1) is 5.31 Å². The van der Waals surface area contributed by atoms with E-state index in [0.717, 1.165) is 0 Å². The molecule has 0 radical (unpaired) electrons. The van der Waals surface area contributed by atoms with Gasteiger partial charge >= 0.3 is 13.6 Å². The molecule has 0 aromatic heterocycles. The number of aliphatic carboxylic acids is 1. The molecule has 0 heterocycles. The molecule has 82 valence electrons. The first-order valence-electron chi connectivity index (χ1n) is 4.08. The second-order valence-corrected chi connectivity index (χ2v) is 4.86. The summed E-state index contributed by atoms with van der Waals surface area (Å²) in [5.41, 5.74) is 0.0135. The monoisotopic (exact) mass is 222 g/mol. The Morgan fingerprint density at radius 3 is 2.00 bits per heavy atom. The fraction of sp³-hybridized carbons (Fsp3) is 0.625. The highest BCUT2D eigenvalue weighted by molar-refractivity contribution is 7.58. The van der Waals surface area contributed by atoms with Gasteiger partial charge in [0.2, 0.25) is 0 Å². The molecule has 0 unspecified atom stereocenters. The smallest absolute Gasteiger partial charge is 0.357 e. The standard InChI is InChI=1S/C8H15O5P/c1-5-7(6(2)8(9)10)14(11,12-3)13-4/h5H2,1-4H3,(H,9,10). The van der Waals surface area contributed by atoms with Crippen LogP contribution >= 0.6 is 7.60 Å². The van der Waals surface area contributed by atoms with Crippen LogP contribution in [0.2, 0.25) is 0 Å². The van der Waals surface area contributed by atoms with Crippen molar-refractivity contribution in [2.45, 2.75) is 20.3 Å². The predicted molar refractivity (Wildman–Crippen MR) is 52.3 cm³/mol. The molecule has 0 atom stereocenters. The SMILES string of the molecule is CCC(=C(C)C(=O)O)P(=O)(OC)OC. The fourth-order valence-corrected chi connectivity index (χ4v) is 2.57. The van der Waals surface area contributed by atoms with Crippen LogP contribution in [0.3, 0.4) is 0 Å². The Morgan fingerprint density at radius 2 is 1.79 bits per heavy atom. The number of carbonyl (C=O) groups is 1. The Hall–Kier alpha value is -0.640. The zero-order valence-electron chi connectivity index (χ0n) is 8.73. The molecule has 0 rings (SSSR count). The molecule has 0 saturated carbocycles. The van der Waals surface area contributed by atoms with Crippen LogP contribution in [0, 0.1) is 0 Å². The third-order valence-corrected chi connectivity index (χ3v) is 4.17. The Balaban J connectivity index is 5.37. The van der Waals surface area contributed by atoms with Crippen molar-refractivity contribution < 1.29 is 23.5 Å². The minimum Gasteiger partial charge on any atom is -0.478 e. The zero-order chi connectivity index (χ0) is 11.4. The highest BCUT2D eigenvalue weighted by Crippen LogP contribution is 2.57. The molecule has 0 saturated heterocycles. The molecular weight excluding hydrogens is 207 g/mol. The van der Waals surface area contributed by atoms with Gasteiger partial charge in [0, 0.05) is 19.8 Å². The summed E-state index contributed by atoms with van der Waals surface area (Å²) in [4.78, 5) is 10.7. The van der Waals surface area contributed by atoms with Gasteiger partial charge in [-0.05, 0) is 13.3 Å². The molecular formula is C8H15O5P. The maximum atomic E-state index is 11.9. The van der Waals surface area contributed by atoms with E-state index in [1.165, 1.54) is 21.1 Å². The number of allylic oxidation sites excluding steroid dienone is 1. The lowest BCUT2D eigenvalue weighted by atomic mass is 10.2. The summed E-state index contributed by atoms with van der Waals surface area (Å²) in [6, 6.07) is 0. The van der Waals surface area contributed by atoms with E-state index >= 15 is 0 Å². The predicted octanol–water partition coefficient (Wildman–Crippen LogP) is 2.24. The van der Waals surface area contributed by atoms with Crippen LogP contribution in [0.1, 0.15) is 20.3 Å². The summed E-state index contributed by atoms with van der Waals surface area (Å²) < 4.78 is 21.3. The van der Waals surface area contributed by atoms with Crippen LogP contribution in [0.15, 0.2) is 10.9 Å². The molecule has 0 amide bonds. The molecule has 5 nitrogen and oxygen atoms in total. The topological polar surface area (TPSA) is 72.8 Å². The molecule has 0 aromatic rings. The normalized spacial score (nSPS) is 13.7. The zero-order valence-corrected chi connectivity index (χ0v) is 9.63. The largest absolute Gasteiger partial charge is 0.478 e. The van der Waals surface area contributed by atoms with Gasteiger partial charge < -0.3 is 14.2 Å². The minimum atomic E-state index is -3.40. The number of hydrogen-bond donors (Lipinski definition) is 1. The quantitative estimate of drug-likeness (QED) is 0.570. The van der Waals surface area contributed by atoms with Crippen LogP contribution in [-0.2, 0) is 18.4 Å². The summed E-state index contributed by atoms with van der Waals surface area (Å²) in [5.74, 6) is -1.11. The van der Waals surface area contributed by atoms with Crippen molar-refractivity contribution >= 4 is 13.6 Å². The summed E-state index contributed by atoms with van der Waals surface area (Å²) in [6.45, 7) is 3.08. The van der Waals surface area contributed by atoms with E-state index in [4.69, 9.17) is 14.2 Å². The van der Waals surface area contributed by atoms with E-state index in [9.17, 15) is 9.36 Å². The van der Waals surface area contributed by atoms with Gasteiger partial charge in [0.1, 0.15) is 0 Å². The van der Waals surface area contributed by atoms with Gasteiger partial charge in [-0.1, -0.05) is 6.92 Å². The van der Waals surface area contributed by atoms with E-state index in [2.05, 4.69) is 0 Å². The summed E-state index contributed by atoms with van der Waals surface area (Å²) >= 11 is 0. The van der Waals surface area contributed by atoms with E-state index in [1.54, 1.807) is 6.92 Å². The first-order valence-corrected chi connectivity index (χ1v) is 5.62. The van der Waals surface area contributed by atoms with Crippen molar-refractivity contribution in [1.29, 1.82) is 0 Å². The molecule has 0 aliphatic heterocycles. The average molecular weight is 222 g/mol. The van der Waals surface area contributed by atoms with Crippen LogP contribution < -0.4 is 0 Å². The Bertz CT molecular complexity index is 286. The van der Waals surface area contributed by atoms with Crippen LogP contribution in [0.5, 0.6) is 0 Å². The van der Waals surface area contributed by atoms with Crippen LogP contribution in [-0.4, -0.2) is 25.3 Å². The van der Waals surface area contributed by atoms with E-state index in [1.807, 2.05) is 0 Å². The Labute approximate surface area is 83.3 Å². The lowest BCUT2D eigenvalue weighted by Crippen LogP contribution is -2.03. The van der Waals surface area contributed by atoms with Gasteiger partial charge in [-0.25, -0.2) is 4.79 Å². The molecule has 14 heavy (non-hydrogen) atoms. The van der Waals surface area contributed by atoms with Crippen molar-refractivity contribution in [3.8, 4) is 0 Å². The molecule has 1 N–H and O–H groups in total. The molecule has 0 fully saturated rings. The maximum Gasteiger partial charge on any atom is 0.357 e. The molecule has 0 spiro atoms. The third kappa shape index (κ3) is 2.67. The molecule has 0 aliphatic rings. The highest BCUT2D eigenvalue weighted by atomic mass is 31.2. The first-order chi connectivity index (χ1) is 6.42. The number of hydrogen-bond acceptors (Lipinski definition) is 4. The van der Waals surface area contributed by atoms with E-state index in [0.29, 0.717) is 6.42 Å². The van der Waals surface area contributed by atoms with Gasteiger partial charge in [0.25, 0.3) is 0 Å². The van der Waals surface area contributed by atoms with Crippen molar-refractivity contribution in [2.24, 2.45) is 0 Å². The number of carboxylic acids is 1. The van der Waals surface area contributed by atoms with Crippen LogP contribution in [0.4, 0.5) is 0 Å². The lowest BCUT2D eigenvalue weighted by Gasteiger charge is -2.17. The van der Waals surface area contributed by atoms with Crippen molar-refractivity contribution in [1.82, 2.24) is 0 Å². The second-order valence-electron chi connectivity index (χ2n) is 2.59. The molecule has 0 aromatic carbocycles. The molecule has 6 heteroatoms. The van der Waals surface area contributed by atoms with Crippen molar-refractivity contribution in [3.05, 3.63) is 10.9 Å². The highest BCUT2D eigenvalue weighted by Gasteiger charge is 2.29. The average Bonchev–Trinajstić information content (AvgIpc) is 2.18. The summed E-state index contributed by atoms with van der Waals surface area (Å²) in [6.07, 6.45) is 0.317. The summed E-state index contributed by atoms with van der Waals surface area (Å²) in [7, 11) is -0.940. The molecule has 0 bridgehead atoms. The van der Waals surface area contributed by atoms with Crippen molar-refractivity contribution in [3.63, 3.8) is 0 Å². The van der Waals surface area contributed by atoms with E-state index in [-0.39, 0.29) is 10.9 Å². The molecule has 0 aliphatic carbocycles. The number of carboxylic acid groups (broad SMARTS) is 1. The lowest BCUT2D eigenvalue weighted by molar-refractivity contribution is -0.132. The van der Waals surface area contributed by atoms with Gasteiger partial charge in [-0.3, -0.25) is 4.57 Å². The first kappa shape index (κ1) is 13.4. The Morgan fingerprint density at radius 1 is 1.36 bits per heavy atom. The summed E-state index contributed by atoms with van der Waals surface area (Å²) in [5, 5.41) is 8.95. The maximum absolute atomic E-state index is 11.9. The van der Waals surface area contributed by atoms with Crippen molar-refractivity contribution in [2.75, 3.05) is 14.2 Å². The third-order valence-electron chi connectivity index (χ3n) is 1.90. The second kappa shape index (κ2) is 5.29. The van der Waals surface area contributed by atoms with Gasteiger partial charge in [0.15, 0.2) is 0 Å². The fourth-order valence-electron chi connectivity index (χ4n) is 1.08. The Kier molecular flexibility index (Phi) is 5.05. The van der Waals surface area contributed by atoms with Gasteiger partial charge in [-0.15, -0.1) is 0 Å². The van der Waals surface area contributed by atoms with Crippen LogP contribution in [0.25, 0.3) is 0 Å². The minimum absolute atomic E-state index is 0.0135. The van der Waals surface area contributed by atoms with Gasteiger partial charge in [-0.2, -0.15) is 0 Å².